The molecule has 0 bridgehead atoms. The molecule has 8 atom stereocenters. The van der Waals surface area contributed by atoms with Crippen molar-refractivity contribution in [2.24, 2.45) is 28.6 Å². The molecule has 0 saturated heterocycles. The molecule has 4 aliphatic carbocycles. The van der Waals surface area contributed by atoms with Crippen LogP contribution in [0.4, 0.5) is 14.0 Å². The third-order valence-electron chi connectivity index (χ3n) is 9.31. The molecule has 38 heavy (non-hydrogen) atoms. The van der Waals surface area contributed by atoms with Gasteiger partial charge in [0.2, 0.25) is 5.78 Å². The number of aliphatic hydroxyl groups excluding tert-OH is 1. The van der Waals surface area contributed by atoms with Crippen molar-refractivity contribution >= 4 is 23.9 Å². The molecule has 0 radical (unpaired) electrons. The Morgan fingerprint density at radius 2 is 1.87 bits per heavy atom. The summed E-state index contributed by atoms with van der Waals surface area (Å²) in [6, 6.07) is 0. The first-order valence-corrected chi connectivity index (χ1v) is 13.4. The molecule has 10 heteroatoms. The summed E-state index contributed by atoms with van der Waals surface area (Å²) in [5.41, 5.74) is -3.32. The van der Waals surface area contributed by atoms with Gasteiger partial charge in [-0.1, -0.05) is 26.8 Å². The predicted molar refractivity (Wildman–Crippen MR) is 132 cm³/mol. The third kappa shape index (κ3) is 4.44. The highest BCUT2D eigenvalue weighted by Crippen LogP contribution is 2.68. The van der Waals surface area contributed by atoms with Crippen molar-refractivity contribution < 1.29 is 47.6 Å². The number of fused-ring (bicyclic) bond motifs is 5. The number of carbonyl (C=O) groups is 4. The zero-order chi connectivity index (χ0) is 27.9. The fraction of sp³-hybridized carbons (Fsp3) is 0.714. The number of rotatable bonds is 7. The number of hydrogen-bond acceptors (Lipinski definition) is 9. The van der Waals surface area contributed by atoms with Crippen molar-refractivity contribution in [3.63, 3.8) is 0 Å². The van der Waals surface area contributed by atoms with E-state index in [4.69, 9.17) is 18.9 Å². The van der Waals surface area contributed by atoms with Crippen molar-refractivity contribution in [2.75, 3.05) is 19.8 Å². The maximum absolute atomic E-state index is 15.6. The second-order valence-corrected chi connectivity index (χ2v) is 11.3. The molecule has 210 valence electrons. The molecule has 1 N–H and O–H groups in total. The minimum Gasteiger partial charge on any atom is -0.435 e. The van der Waals surface area contributed by atoms with E-state index in [0.717, 1.165) is 0 Å². The summed E-state index contributed by atoms with van der Waals surface area (Å²) >= 11 is 0. The van der Waals surface area contributed by atoms with Crippen LogP contribution in [-0.4, -0.2) is 66.7 Å². The van der Waals surface area contributed by atoms with Gasteiger partial charge in [0.15, 0.2) is 18.0 Å². The van der Waals surface area contributed by atoms with Crippen LogP contribution in [-0.2, 0) is 28.5 Å². The largest absolute Gasteiger partial charge is 0.509 e. The molecule has 0 amide bonds. The van der Waals surface area contributed by atoms with Gasteiger partial charge in [-0.05, 0) is 68.6 Å². The number of ether oxygens (including phenoxy) is 4. The van der Waals surface area contributed by atoms with E-state index in [-0.39, 0.29) is 50.1 Å². The third-order valence-corrected chi connectivity index (χ3v) is 9.31. The Labute approximate surface area is 221 Å². The molecule has 9 nitrogen and oxygen atoms in total. The summed E-state index contributed by atoms with van der Waals surface area (Å²) in [5.74, 6) is -1.95. The molecule has 4 rings (SSSR count). The van der Waals surface area contributed by atoms with Crippen molar-refractivity contribution in [1.29, 1.82) is 0 Å². The predicted octanol–water partition coefficient (Wildman–Crippen LogP) is 4.26. The first-order chi connectivity index (χ1) is 17.9. The topological polar surface area (TPSA) is 125 Å². The molecule has 3 fully saturated rings. The normalized spacial score (nSPS) is 39.3. The molecule has 0 aromatic heterocycles. The van der Waals surface area contributed by atoms with E-state index >= 15 is 4.39 Å². The van der Waals surface area contributed by atoms with Crippen LogP contribution in [0, 0.1) is 28.6 Å². The number of ketones is 2. The Morgan fingerprint density at radius 1 is 1.13 bits per heavy atom. The average Bonchev–Trinajstić information content (AvgIpc) is 3.14. The first-order valence-electron chi connectivity index (χ1n) is 13.4. The van der Waals surface area contributed by atoms with E-state index in [9.17, 15) is 24.3 Å². The van der Waals surface area contributed by atoms with Crippen LogP contribution in [0.1, 0.15) is 59.8 Å². The molecule has 0 spiro atoms. The zero-order valence-corrected chi connectivity index (χ0v) is 22.4. The van der Waals surface area contributed by atoms with Crippen LogP contribution in [0.15, 0.2) is 23.8 Å². The lowest BCUT2D eigenvalue weighted by Crippen LogP contribution is -2.64. The van der Waals surface area contributed by atoms with E-state index in [0.29, 0.717) is 18.4 Å². The van der Waals surface area contributed by atoms with Gasteiger partial charge in [-0.25, -0.2) is 14.0 Å². The van der Waals surface area contributed by atoms with Crippen LogP contribution in [0.5, 0.6) is 0 Å². The van der Waals surface area contributed by atoms with E-state index in [1.807, 2.05) is 13.8 Å². The standard InChI is InChI=1S/C28H37FO9/c1-5-11-36-25(34)38-28(22(32)15-37-24(33)35-6-2)10-8-18-17-13-20(29)19-12-16(30)7-9-26(19,3)23(17)21(31)14-27(18,28)4/h7,9,12,17-18,20-21,23,31H,5-6,8,10-11,13-15H2,1-4H3/t17-,18-,20-,21?,23+,26-,27-,28-/m0/s1. The molecule has 3 saturated carbocycles. The SMILES string of the molecule is CCCOC(=O)O[C@]1(C(=O)COC(=O)OCC)CC[C@H]2[C@@H]3C[C@H](F)C4=CC(=O)C=C[C@]4(C)[C@H]3C(O)C[C@@]21C. The van der Waals surface area contributed by atoms with E-state index in [2.05, 4.69) is 0 Å². The van der Waals surface area contributed by atoms with Crippen LogP contribution in [0.3, 0.4) is 0 Å². The summed E-state index contributed by atoms with van der Waals surface area (Å²) < 4.78 is 36.3. The van der Waals surface area contributed by atoms with Crippen LogP contribution < -0.4 is 0 Å². The summed E-state index contributed by atoms with van der Waals surface area (Å²) in [7, 11) is 0. The Kier molecular flexibility index (Phi) is 7.76. The number of allylic oxidation sites excluding steroid dienone is 4. The van der Waals surface area contributed by atoms with Crippen molar-refractivity contribution in [3.8, 4) is 0 Å². The van der Waals surface area contributed by atoms with E-state index < -0.39 is 59.3 Å². The van der Waals surface area contributed by atoms with Crippen molar-refractivity contribution in [2.45, 2.75) is 77.7 Å². The van der Waals surface area contributed by atoms with Gasteiger partial charge in [0.05, 0.1) is 19.3 Å². The molecule has 0 aliphatic heterocycles. The summed E-state index contributed by atoms with van der Waals surface area (Å²) in [6.45, 7) is 6.51. The van der Waals surface area contributed by atoms with Gasteiger partial charge < -0.3 is 24.1 Å². The fourth-order valence-electron chi connectivity index (χ4n) is 7.76. The number of halogens is 1. The maximum Gasteiger partial charge on any atom is 0.509 e. The highest BCUT2D eigenvalue weighted by Gasteiger charge is 2.71. The highest BCUT2D eigenvalue weighted by molar-refractivity contribution is 6.01. The van der Waals surface area contributed by atoms with Gasteiger partial charge in [-0.2, -0.15) is 0 Å². The van der Waals surface area contributed by atoms with Gasteiger partial charge in [0.1, 0.15) is 6.17 Å². The smallest absolute Gasteiger partial charge is 0.435 e. The monoisotopic (exact) mass is 536 g/mol. The Balaban J connectivity index is 1.70. The van der Waals surface area contributed by atoms with Gasteiger partial charge in [-0.15, -0.1) is 0 Å². The summed E-state index contributed by atoms with van der Waals surface area (Å²) in [5, 5.41) is 11.6. The molecule has 4 aliphatic rings. The van der Waals surface area contributed by atoms with Crippen LogP contribution in [0.25, 0.3) is 0 Å². The second kappa shape index (κ2) is 10.4. The molecule has 0 heterocycles. The lowest BCUT2D eigenvalue weighted by atomic mass is 9.46. The molecule has 1 unspecified atom stereocenters. The lowest BCUT2D eigenvalue weighted by Gasteiger charge is -2.60. The molecule has 0 aromatic carbocycles. The number of hydrogen-bond donors (Lipinski definition) is 1. The van der Waals surface area contributed by atoms with Crippen LogP contribution in [0.2, 0.25) is 0 Å². The maximum atomic E-state index is 15.6. The molecular weight excluding hydrogens is 499 g/mol. The quantitative estimate of drug-likeness (QED) is 0.475. The Bertz CT molecular complexity index is 1050. The Morgan fingerprint density at radius 3 is 2.55 bits per heavy atom. The van der Waals surface area contributed by atoms with E-state index in [1.54, 1.807) is 19.9 Å². The zero-order valence-electron chi connectivity index (χ0n) is 22.4. The van der Waals surface area contributed by atoms with Gasteiger partial charge >= 0.3 is 12.3 Å². The highest BCUT2D eigenvalue weighted by atomic mass is 19.1. The molecular formula is C28H37FO9. The van der Waals surface area contributed by atoms with Crippen molar-refractivity contribution in [1.82, 2.24) is 0 Å². The Hall–Kier alpha value is -2.75. The van der Waals surface area contributed by atoms with Crippen LogP contribution >= 0.6 is 0 Å². The van der Waals surface area contributed by atoms with Crippen molar-refractivity contribution in [3.05, 3.63) is 23.8 Å². The minimum absolute atomic E-state index is 0.0622. The number of alkyl halides is 1. The first kappa shape index (κ1) is 28.3. The summed E-state index contributed by atoms with van der Waals surface area (Å²) in [6.07, 6.45) is 1.29. The number of carbonyl (C=O) groups excluding carboxylic acids is 4. The minimum atomic E-state index is -1.75. The van der Waals surface area contributed by atoms with E-state index in [1.165, 1.54) is 12.2 Å². The van der Waals surface area contributed by atoms with Gasteiger partial charge in [0.25, 0.3) is 0 Å². The van der Waals surface area contributed by atoms with Gasteiger partial charge in [-0.3, -0.25) is 9.59 Å². The number of Topliss-reactive ketones (excluding diaryl/α,β-unsaturated/α-hetero) is 1. The molecule has 0 aromatic rings. The number of aliphatic hydroxyl groups is 1. The fourth-order valence-corrected chi connectivity index (χ4v) is 7.76. The second-order valence-electron chi connectivity index (χ2n) is 11.3. The summed E-state index contributed by atoms with van der Waals surface area (Å²) in [4.78, 5) is 50.3. The average molecular weight is 537 g/mol. The lowest BCUT2D eigenvalue weighted by molar-refractivity contribution is -0.186. The van der Waals surface area contributed by atoms with Gasteiger partial charge in [0, 0.05) is 16.7 Å².